The molecule has 0 saturated heterocycles. The Morgan fingerprint density at radius 2 is 2.16 bits per heavy atom. The fourth-order valence-electron chi connectivity index (χ4n) is 1.26. The van der Waals surface area contributed by atoms with Gasteiger partial charge in [0.05, 0.1) is 24.5 Å². The molecule has 19 heavy (non-hydrogen) atoms. The summed E-state index contributed by atoms with van der Waals surface area (Å²) in [5, 5.41) is 13.7. The van der Waals surface area contributed by atoms with Crippen LogP contribution in [0.4, 0.5) is 23.7 Å². The average Bonchev–Trinajstić information content (AvgIpc) is 2.35. The zero-order chi connectivity index (χ0) is 14.5. The minimum absolute atomic E-state index is 0.137. The highest BCUT2D eigenvalue weighted by atomic mass is 19.4. The highest BCUT2D eigenvalue weighted by molar-refractivity contribution is 5.89. The molecule has 8 heteroatoms. The van der Waals surface area contributed by atoms with Crippen molar-refractivity contribution in [3.05, 3.63) is 24.0 Å². The van der Waals surface area contributed by atoms with E-state index in [0.717, 1.165) is 18.3 Å². The maximum Gasteiger partial charge on any atom is 0.433 e. The Kier molecular flexibility index (Phi) is 5.11. The van der Waals surface area contributed by atoms with Gasteiger partial charge in [0.15, 0.2) is 0 Å². The molecule has 0 spiro atoms. The summed E-state index contributed by atoms with van der Waals surface area (Å²) in [7, 11) is 0. The molecular formula is C11H14F3N3O2. The molecule has 1 aromatic heterocycles. The minimum Gasteiger partial charge on any atom is -0.394 e. The molecule has 2 amide bonds. The van der Waals surface area contributed by atoms with Gasteiger partial charge in [0.25, 0.3) is 0 Å². The van der Waals surface area contributed by atoms with Gasteiger partial charge in [-0.05, 0) is 18.6 Å². The lowest BCUT2D eigenvalue weighted by atomic mass is 10.2. The van der Waals surface area contributed by atoms with Crippen LogP contribution >= 0.6 is 0 Å². The van der Waals surface area contributed by atoms with Crippen molar-refractivity contribution < 1.29 is 23.1 Å². The van der Waals surface area contributed by atoms with E-state index in [9.17, 15) is 18.0 Å². The minimum atomic E-state index is -4.51. The van der Waals surface area contributed by atoms with Crippen molar-refractivity contribution in [1.82, 2.24) is 10.3 Å². The predicted molar refractivity (Wildman–Crippen MR) is 62.6 cm³/mol. The van der Waals surface area contributed by atoms with Crippen LogP contribution in [0.3, 0.4) is 0 Å². The van der Waals surface area contributed by atoms with Crippen molar-refractivity contribution in [2.24, 2.45) is 0 Å². The van der Waals surface area contributed by atoms with Gasteiger partial charge in [0.2, 0.25) is 0 Å². The molecule has 0 radical (unpaired) electrons. The highest BCUT2D eigenvalue weighted by Gasteiger charge is 2.32. The Morgan fingerprint density at radius 1 is 1.47 bits per heavy atom. The standard InChI is InChI=1S/C11H14F3N3O2/c1-2-7(6-18)16-10(19)17-8-3-4-9(15-5-8)11(12,13)14/h3-5,7,18H,2,6H2,1H3,(H2,16,17,19). The van der Waals surface area contributed by atoms with Crippen molar-refractivity contribution in [3.8, 4) is 0 Å². The van der Waals surface area contributed by atoms with E-state index in [1.165, 1.54) is 0 Å². The van der Waals surface area contributed by atoms with Crippen LogP contribution in [0.15, 0.2) is 18.3 Å². The first-order valence-electron chi connectivity index (χ1n) is 5.58. The number of urea groups is 1. The first kappa shape index (κ1) is 15.2. The Morgan fingerprint density at radius 3 is 2.58 bits per heavy atom. The van der Waals surface area contributed by atoms with Gasteiger partial charge in [-0.15, -0.1) is 0 Å². The number of carbonyl (C=O) groups excluding carboxylic acids is 1. The number of carbonyl (C=O) groups is 1. The van der Waals surface area contributed by atoms with E-state index in [2.05, 4.69) is 15.6 Å². The number of rotatable bonds is 4. The third-order valence-electron chi connectivity index (χ3n) is 2.36. The summed E-state index contributed by atoms with van der Waals surface area (Å²) in [6, 6.07) is 0.874. The molecule has 1 rings (SSSR count). The number of halogens is 3. The Hall–Kier alpha value is -1.83. The third-order valence-corrected chi connectivity index (χ3v) is 2.36. The fourth-order valence-corrected chi connectivity index (χ4v) is 1.26. The van der Waals surface area contributed by atoms with Crippen LogP contribution in [0.25, 0.3) is 0 Å². The number of alkyl halides is 3. The maximum absolute atomic E-state index is 12.3. The summed E-state index contributed by atoms with van der Waals surface area (Å²) in [6.07, 6.45) is -3.05. The molecular weight excluding hydrogens is 263 g/mol. The maximum atomic E-state index is 12.3. The normalized spacial score (nSPS) is 12.9. The van der Waals surface area contributed by atoms with Crippen molar-refractivity contribution in [2.45, 2.75) is 25.6 Å². The molecule has 0 aromatic carbocycles. The van der Waals surface area contributed by atoms with Gasteiger partial charge in [-0.2, -0.15) is 13.2 Å². The molecule has 0 aliphatic rings. The SMILES string of the molecule is CCC(CO)NC(=O)Nc1ccc(C(F)(F)F)nc1. The monoisotopic (exact) mass is 277 g/mol. The molecule has 106 valence electrons. The van der Waals surface area contributed by atoms with Gasteiger partial charge < -0.3 is 15.7 Å². The topological polar surface area (TPSA) is 74.2 Å². The van der Waals surface area contributed by atoms with Crippen LogP contribution in [-0.4, -0.2) is 28.8 Å². The molecule has 3 N–H and O–H groups in total. The van der Waals surface area contributed by atoms with Crippen LogP contribution in [0.2, 0.25) is 0 Å². The molecule has 0 bridgehead atoms. The molecule has 1 aromatic rings. The number of amides is 2. The smallest absolute Gasteiger partial charge is 0.394 e. The number of hydrogen-bond donors (Lipinski definition) is 3. The fraction of sp³-hybridized carbons (Fsp3) is 0.455. The molecule has 5 nitrogen and oxygen atoms in total. The number of aromatic nitrogens is 1. The summed E-state index contributed by atoms with van der Waals surface area (Å²) >= 11 is 0. The van der Waals surface area contributed by atoms with Gasteiger partial charge in [-0.3, -0.25) is 0 Å². The largest absolute Gasteiger partial charge is 0.433 e. The van der Waals surface area contributed by atoms with Crippen molar-refractivity contribution in [3.63, 3.8) is 0 Å². The van der Waals surface area contributed by atoms with Gasteiger partial charge in [-0.25, -0.2) is 9.78 Å². The Labute approximate surface area is 107 Å². The van der Waals surface area contributed by atoms with E-state index < -0.39 is 23.9 Å². The summed E-state index contributed by atoms with van der Waals surface area (Å²) in [4.78, 5) is 14.6. The highest BCUT2D eigenvalue weighted by Crippen LogP contribution is 2.27. The third kappa shape index (κ3) is 4.74. The number of hydrogen-bond acceptors (Lipinski definition) is 3. The van der Waals surface area contributed by atoms with Crippen molar-refractivity contribution in [1.29, 1.82) is 0 Å². The second-order valence-corrected chi connectivity index (χ2v) is 3.82. The average molecular weight is 277 g/mol. The van der Waals surface area contributed by atoms with E-state index in [0.29, 0.717) is 6.42 Å². The van der Waals surface area contributed by atoms with Crippen LogP contribution in [0.5, 0.6) is 0 Å². The van der Waals surface area contributed by atoms with E-state index in [-0.39, 0.29) is 12.3 Å². The lowest BCUT2D eigenvalue weighted by Gasteiger charge is -2.14. The van der Waals surface area contributed by atoms with Gasteiger partial charge >= 0.3 is 12.2 Å². The number of anilines is 1. The lowest BCUT2D eigenvalue weighted by molar-refractivity contribution is -0.141. The molecule has 1 heterocycles. The Bertz CT molecular complexity index is 416. The number of aliphatic hydroxyl groups excluding tert-OH is 1. The first-order valence-corrected chi connectivity index (χ1v) is 5.58. The van der Waals surface area contributed by atoms with E-state index in [1.807, 2.05) is 0 Å². The summed E-state index contributed by atoms with van der Waals surface area (Å²) in [5.74, 6) is 0. The zero-order valence-corrected chi connectivity index (χ0v) is 10.2. The van der Waals surface area contributed by atoms with Gasteiger partial charge in [0, 0.05) is 0 Å². The molecule has 0 aliphatic carbocycles. The molecule has 1 unspecified atom stereocenters. The predicted octanol–water partition coefficient (Wildman–Crippen LogP) is 1.99. The summed E-state index contributed by atoms with van der Waals surface area (Å²) in [6.45, 7) is 1.57. The second kappa shape index (κ2) is 6.37. The molecule has 1 atom stereocenters. The summed E-state index contributed by atoms with van der Waals surface area (Å²) < 4.78 is 36.8. The molecule has 0 aliphatic heterocycles. The quantitative estimate of drug-likeness (QED) is 0.788. The van der Waals surface area contributed by atoms with Crippen molar-refractivity contribution in [2.75, 3.05) is 11.9 Å². The molecule has 0 saturated carbocycles. The van der Waals surface area contributed by atoms with E-state index >= 15 is 0 Å². The number of aliphatic hydroxyl groups is 1. The number of nitrogens with one attached hydrogen (secondary N) is 2. The van der Waals surface area contributed by atoms with E-state index in [4.69, 9.17) is 5.11 Å². The number of pyridine rings is 1. The number of nitrogens with zero attached hydrogens (tertiary/aromatic N) is 1. The van der Waals surface area contributed by atoms with Crippen molar-refractivity contribution >= 4 is 11.7 Å². The van der Waals surface area contributed by atoms with Crippen LogP contribution < -0.4 is 10.6 Å². The van der Waals surface area contributed by atoms with Crippen LogP contribution in [0.1, 0.15) is 19.0 Å². The van der Waals surface area contributed by atoms with Crippen LogP contribution in [-0.2, 0) is 6.18 Å². The van der Waals surface area contributed by atoms with E-state index in [1.54, 1.807) is 6.92 Å². The Balaban J connectivity index is 2.61. The second-order valence-electron chi connectivity index (χ2n) is 3.82. The zero-order valence-electron chi connectivity index (χ0n) is 10.2. The summed E-state index contributed by atoms with van der Waals surface area (Å²) in [5.41, 5.74) is -0.890. The van der Waals surface area contributed by atoms with Gasteiger partial charge in [0.1, 0.15) is 5.69 Å². The molecule has 0 fully saturated rings. The lowest BCUT2D eigenvalue weighted by Crippen LogP contribution is -2.39. The van der Waals surface area contributed by atoms with Crippen LogP contribution in [0, 0.1) is 0 Å². The first-order chi connectivity index (χ1) is 8.86. The van der Waals surface area contributed by atoms with Gasteiger partial charge in [-0.1, -0.05) is 6.92 Å².